The molecule has 0 bridgehead atoms. The number of fused-ring (bicyclic) bond motifs is 2. The molecular formula is C14H11ClN6. The molecule has 0 aliphatic carbocycles. The van der Waals surface area contributed by atoms with Crippen molar-refractivity contribution in [1.82, 2.24) is 29.2 Å². The molecule has 21 heavy (non-hydrogen) atoms. The van der Waals surface area contributed by atoms with Gasteiger partial charge in [0.05, 0.1) is 23.0 Å². The maximum absolute atomic E-state index is 6.17. The molecule has 0 atom stereocenters. The summed E-state index contributed by atoms with van der Waals surface area (Å²) < 4.78 is 3.73. The molecule has 4 rings (SSSR count). The molecule has 0 unspecified atom stereocenters. The van der Waals surface area contributed by atoms with E-state index in [0.29, 0.717) is 10.8 Å². The minimum Gasteiger partial charge on any atom is -0.275 e. The van der Waals surface area contributed by atoms with Crippen LogP contribution in [-0.2, 0) is 0 Å². The zero-order valence-electron chi connectivity index (χ0n) is 11.4. The van der Waals surface area contributed by atoms with Crippen molar-refractivity contribution in [3.8, 4) is 11.4 Å². The summed E-state index contributed by atoms with van der Waals surface area (Å²) in [6.07, 6.45) is 3.68. The van der Waals surface area contributed by atoms with Crippen molar-refractivity contribution in [3.05, 3.63) is 47.1 Å². The van der Waals surface area contributed by atoms with Crippen LogP contribution in [0.25, 0.3) is 22.6 Å². The van der Waals surface area contributed by atoms with Crippen LogP contribution in [0.4, 0.5) is 0 Å². The Hall–Kier alpha value is -2.47. The molecule has 6 nitrogen and oxygen atoms in total. The van der Waals surface area contributed by atoms with Crippen LogP contribution in [0.15, 0.2) is 30.6 Å². The van der Waals surface area contributed by atoms with E-state index in [9.17, 15) is 0 Å². The van der Waals surface area contributed by atoms with E-state index in [1.807, 2.05) is 42.6 Å². The van der Waals surface area contributed by atoms with E-state index in [2.05, 4.69) is 20.3 Å². The van der Waals surface area contributed by atoms with Crippen molar-refractivity contribution in [2.45, 2.75) is 13.8 Å². The molecule has 0 saturated carbocycles. The van der Waals surface area contributed by atoms with E-state index in [4.69, 9.17) is 11.6 Å². The molecule has 0 aliphatic heterocycles. The van der Waals surface area contributed by atoms with E-state index < -0.39 is 0 Å². The van der Waals surface area contributed by atoms with Crippen molar-refractivity contribution in [2.24, 2.45) is 0 Å². The summed E-state index contributed by atoms with van der Waals surface area (Å²) in [6, 6.07) is 5.90. The summed E-state index contributed by atoms with van der Waals surface area (Å²) in [5.74, 6) is 0.719. The number of aromatic nitrogens is 6. The Bertz CT molecular complexity index is 984. The second-order valence-electron chi connectivity index (χ2n) is 4.84. The van der Waals surface area contributed by atoms with Crippen LogP contribution >= 0.6 is 11.6 Å². The van der Waals surface area contributed by atoms with Crippen LogP contribution in [-0.4, -0.2) is 29.2 Å². The highest BCUT2D eigenvalue weighted by molar-refractivity contribution is 6.32. The zero-order valence-corrected chi connectivity index (χ0v) is 12.2. The Morgan fingerprint density at radius 1 is 1.14 bits per heavy atom. The Balaban J connectivity index is 2.12. The van der Waals surface area contributed by atoms with Crippen molar-refractivity contribution in [3.63, 3.8) is 0 Å². The molecule has 0 aliphatic rings. The average Bonchev–Trinajstić information content (AvgIpc) is 3.08. The van der Waals surface area contributed by atoms with Crippen LogP contribution < -0.4 is 0 Å². The van der Waals surface area contributed by atoms with Gasteiger partial charge in [-0.15, -0.1) is 10.2 Å². The summed E-state index contributed by atoms with van der Waals surface area (Å²) >= 11 is 6.17. The Labute approximate surface area is 125 Å². The number of halogens is 1. The first-order chi connectivity index (χ1) is 10.2. The number of aryl methyl sites for hydroxylation is 2. The van der Waals surface area contributed by atoms with Crippen LogP contribution in [0.3, 0.4) is 0 Å². The van der Waals surface area contributed by atoms with Gasteiger partial charge in [0.2, 0.25) is 0 Å². The SMILES string of the molecule is Cc1nc(Cl)c2nnc(-c3cnn4ccccc34)n2c1C. The van der Waals surface area contributed by atoms with Crippen molar-refractivity contribution in [1.29, 1.82) is 0 Å². The van der Waals surface area contributed by atoms with Crippen LogP contribution in [0.1, 0.15) is 11.4 Å². The topological polar surface area (TPSA) is 60.4 Å². The van der Waals surface area contributed by atoms with Gasteiger partial charge in [0.15, 0.2) is 16.6 Å². The maximum Gasteiger partial charge on any atom is 0.199 e. The van der Waals surface area contributed by atoms with Crippen molar-refractivity contribution < 1.29 is 0 Å². The number of rotatable bonds is 1. The predicted molar refractivity (Wildman–Crippen MR) is 79.5 cm³/mol. The molecule has 0 N–H and O–H groups in total. The third kappa shape index (κ3) is 1.66. The summed E-state index contributed by atoms with van der Waals surface area (Å²) in [4.78, 5) is 4.28. The summed E-state index contributed by atoms with van der Waals surface area (Å²) in [7, 11) is 0. The van der Waals surface area contributed by atoms with Gasteiger partial charge in [0.1, 0.15) is 0 Å². The highest BCUT2D eigenvalue weighted by Crippen LogP contribution is 2.27. The number of hydrogen-bond acceptors (Lipinski definition) is 4. The lowest BCUT2D eigenvalue weighted by Gasteiger charge is -2.06. The average molecular weight is 299 g/mol. The standard InChI is InChI=1S/C14H11ClN6/c1-8-9(2)21-13(18-19-14(21)12(15)17-8)10-7-16-20-6-4-3-5-11(10)20/h3-7H,1-2H3. The Morgan fingerprint density at radius 3 is 2.86 bits per heavy atom. The minimum atomic E-state index is 0.355. The van der Waals surface area contributed by atoms with Crippen LogP contribution in [0.5, 0.6) is 0 Å². The highest BCUT2D eigenvalue weighted by Gasteiger charge is 2.18. The zero-order chi connectivity index (χ0) is 14.6. The van der Waals surface area contributed by atoms with Crippen molar-refractivity contribution in [2.75, 3.05) is 0 Å². The monoisotopic (exact) mass is 298 g/mol. The fourth-order valence-electron chi connectivity index (χ4n) is 2.46. The fourth-order valence-corrected chi connectivity index (χ4v) is 2.71. The van der Waals surface area contributed by atoms with Crippen molar-refractivity contribution >= 4 is 22.8 Å². The van der Waals surface area contributed by atoms with Gasteiger partial charge in [0.25, 0.3) is 0 Å². The van der Waals surface area contributed by atoms with Gasteiger partial charge in [-0.3, -0.25) is 4.40 Å². The minimum absolute atomic E-state index is 0.355. The molecule has 4 aromatic rings. The second kappa shape index (κ2) is 4.26. The number of pyridine rings is 1. The smallest absolute Gasteiger partial charge is 0.199 e. The molecule has 0 fully saturated rings. The number of hydrogen-bond donors (Lipinski definition) is 0. The van der Waals surface area contributed by atoms with E-state index >= 15 is 0 Å². The Kier molecular flexibility index (Phi) is 2.49. The molecule has 0 aromatic carbocycles. The van der Waals surface area contributed by atoms with Gasteiger partial charge >= 0.3 is 0 Å². The van der Waals surface area contributed by atoms with Gasteiger partial charge in [-0.1, -0.05) is 17.7 Å². The van der Waals surface area contributed by atoms with E-state index in [0.717, 1.165) is 28.3 Å². The second-order valence-corrected chi connectivity index (χ2v) is 5.20. The van der Waals surface area contributed by atoms with E-state index in [1.165, 1.54) is 0 Å². The van der Waals surface area contributed by atoms with E-state index in [-0.39, 0.29) is 0 Å². The predicted octanol–water partition coefficient (Wildman–Crippen LogP) is 2.71. The largest absolute Gasteiger partial charge is 0.275 e. The lowest BCUT2D eigenvalue weighted by molar-refractivity contribution is 0.961. The first-order valence-corrected chi connectivity index (χ1v) is 6.85. The number of nitrogens with zero attached hydrogens (tertiary/aromatic N) is 6. The van der Waals surface area contributed by atoms with E-state index in [1.54, 1.807) is 10.7 Å². The molecule has 4 aromatic heterocycles. The lowest BCUT2D eigenvalue weighted by atomic mass is 10.2. The van der Waals surface area contributed by atoms with Crippen LogP contribution in [0.2, 0.25) is 5.15 Å². The van der Waals surface area contributed by atoms with Crippen LogP contribution in [0, 0.1) is 13.8 Å². The summed E-state index contributed by atoms with van der Waals surface area (Å²) in [5.41, 5.74) is 4.25. The first-order valence-electron chi connectivity index (χ1n) is 6.47. The maximum atomic E-state index is 6.17. The highest BCUT2D eigenvalue weighted by atomic mass is 35.5. The molecular weight excluding hydrogens is 288 g/mol. The fraction of sp³-hybridized carbons (Fsp3) is 0.143. The Morgan fingerprint density at radius 2 is 2.00 bits per heavy atom. The molecule has 4 heterocycles. The molecule has 104 valence electrons. The van der Waals surface area contributed by atoms with Gasteiger partial charge in [-0.2, -0.15) is 5.10 Å². The molecule has 0 saturated heterocycles. The first kappa shape index (κ1) is 12.3. The third-order valence-electron chi connectivity index (χ3n) is 3.64. The van der Waals surface area contributed by atoms with Gasteiger partial charge in [-0.25, -0.2) is 9.50 Å². The quantitative estimate of drug-likeness (QED) is 0.542. The lowest BCUT2D eigenvalue weighted by Crippen LogP contribution is -2.00. The molecule has 0 spiro atoms. The van der Waals surface area contributed by atoms with Gasteiger partial charge in [0, 0.05) is 11.9 Å². The molecule has 7 heteroatoms. The summed E-state index contributed by atoms with van der Waals surface area (Å²) in [5, 5.41) is 13.1. The molecule has 0 radical (unpaired) electrons. The summed E-state index contributed by atoms with van der Waals surface area (Å²) in [6.45, 7) is 3.89. The normalized spacial score (nSPS) is 11.6. The third-order valence-corrected chi connectivity index (χ3v) is 3.89. The molecule has 0 amide bonds. The van der Waals surface area contributed by atoms with Gasteiger partial charge < -0.3 is 0 Å². The van der Waals surface area contributed by atoms with Gasteiger partial charge in [-0.05, 0) is 26.0 Å².